The Labute approximate surface area is 155 Å². The molecular weight excluding hydrogens is 410 g/mol. The topological polar surface area (TPSA) is 76.8 Å². The zero-order valence-electron chi connectivity index (χ0n) is 13.0. The second-order valence-electron chi connectivity index (χ2n) is 5.08. The lowest BCUT2D eigenvalue weighted by Crippen LogP contribution is -2.27. The van der Waals surface area contributed by atoms with Crippen molar-refractivity contribution in [1.29, 1.82) is 0 Å². The Balaban J connectivity index is 1.77. The van der Waals surface area contributed by atoms with E-state index in [-0.39, 0.29) is 17.5 Å². The van der Waals surface area contributed by atoms with E-state index in [0.717, 1.165) is 26.7 Å². The average Bonchev–Trinajstić information content (AvgIpc) is 3.15. The number of methoxy groups -OCH3 is 1. The number of nitrogens with zero attached hydrogens (tertiary/aromatic N) is 1. The molecule has 0 unspecified atom stereocenters. The molecule has 1 saturated heterocycles. The van der Waals surface area contributed by atoms with Gasteiger partial charge in [0.2, 0.25) is 5.76 Å². The summed E-state index contributed by atoms with van der Waals surface area (Å²) >= 11 is 4.24. The average molecular weight is 422 g/mol. The highest BCUT2D eigenvalue weighted by Gasteiger charge is 2.35. The zero-order chi connectivity index (χ0) is 18.0. The predicted octanol–water partition coefficient (Wildman–Crippen LogP) is 4.07. The molecule has 1 aliphatic rings. The number of thioether (sulfide) groups is 1. The molecule has 0 N–H and O–H groups in total. The number of amides is 2. The van der Waals surface area contributed by atoms with Gasteiger partial charge in [-0.1, -0.05) is 28.1 Å². The van der Waals surface area contributed by atoms with Gasteiger partial charge in [0.1, 0.15) is 5.76 Å². The van der Waals surface area contributed by atoms with Crippen LogP contribution in [0, 0.1) is 0 Å². The Morgan fingerprint density at radius 1 is 1.32 bits per heavy atom. The van der Waals surface area contributed by atoms with E-state index in [4.69, 9.17) is 4.42 Å². The molecule has 6 nitrogen and oxygen atoms in total. The fraction of sp³-hybridized carbons (Fsp3) is 0.118. The van der Waals surface area contributed by atoms with Crippen molar-refractivity contribution in [3.63, 3.8) is 0 Å². The molecular formula is C17H12BrNO5S. The van der Waals surface area contributed by atoms with Crippen molar-refractivity contribution >= 4 is 50.9 Å². The number of halogens is 1. The molecule has 0 aliphatic carbocycles. The van der Waals surface area contributed by atoms with Crippen LogP contribution >= 0.6 is 27.7 Å². The van der Waals surface area contributed by atoms with Crippen molar-refractivity contribution in [3.8, 4) is 0 Å². The first-order valence-corrected chi connectivity index (χ1v) is 8.77. The van der Waals surface area contributed by atoms with Crippen LogP contribution in [0.25, 0.3) is 6.08 Å². The number of imide groups is 1. The Bertz CT molecular complexity index is 889. The van der Waals surface area contributed by atoms with Gasteiger partial charge in [-0.15, -0.1) is 0 Å². The summed E-state index contributed by atoms with van der Waals surface area (Å²) < 4.78 is 10.7. The van der Waals surface area contributed by atoms with Gasteiger partial charge in [-0.25, -0.2) is 4.79 Å². The normalized spacial score (nSPS) is 15.9. The summed E-state index contributed by atoms with van der Waals surface area (Å²) in [5.74, 6) is -0.665. The maximum atomic E-state index is 12.5. The molecule has 0 spiro atoms. The van der Waals surface area contributed by atoms with Crippen LogP contribution in [0.15, 0.2) is 50.2 Å². The standard InChI is InChI=1S/C17H12BrNO5S/c1-23-16(21)13-6-5-12(24-13)9-19-15(20)14(25-17(19)22)8-10-3-2-4-11(18)7-10/h2-8H,9H2,1H3. The van der Waals surface area contributed by atoms with Crippen molar-refractivity contribution in [1.82, 2.24) is 4.90 Å². The number of hydrogen-bond donors (Lipinski definition) is 0. The largest absolute Gasteiger partial charge is 0.463 e. The van der Waals surface area contributed by atoms with Crippen LogP contribution in [0.2, 0.25) is 0 Å². The number of hydrogen-bond acceptors (Lipinski definition) is 6. The molecule has 3 rings (SSSR count). The molecule has 8 heteroatoms. The van der Waals surface area contributed by atoms with Gasteiger partial charge in [-0.2, -0.15) is 0 Å². The summed E-state index contributed by atoms with van der Waals surface area (Å²) in [4.78, 5) is 37.4. The summed E-state index contributed by atoms with van der Waals surface area (Å²) in [6.07, 6.45) is 1.66. The Morgan fingerprint density at radius 3 is 2.84 bits per heavy atom. The smallest absolute Gasteiger partial charge is 0.373 e. The van der Waals surface area contributed by atoms with E-state index >= 15 is 0 Å². The minimum Gasteiger partial charge on any atom is -0.463 e. The van der Waals surface area contributed by atoms with E-state index in [2.05, 4.69) is 20.7 Å². The Morgan fingerprint density at radius 2 is 2.12 bits per heavy atom. The van der Waals surface area contributed by atoms with E-state index in [9.17, 15) is 14.4 Å². The molecule has 2 heterocycles. The first kappa shape index (κ1) is 17.5. The van der Waals surface area contributed by atoms with E-state index < -0.39 is 11.9 Å². The van der Waals surface area contributed by atoms with Crippen LogP contribution in [0.3, 0.4) is 0 Å². The SMILES string of the molecule is COC(=O)c1ccc(CN2C(=O)SC(=Cc3cccc(Br)c3)C2=O)o1. The third kappa shape index (κ3) is 3.85. The van der Waals surface area contributed by atoms with Crippen molar-refractivity contribution < 1.29 is 23.5 Å². The molecule has 1 fully saturated rings. The van der Waals surface area contributed by atoms with Crippen molar-refractivity contribution in [2.75, 3.05) is 7.11 Å². The summed E-state index contributed by atoms with van der Waals surface area (Å²) in [5, 5.41) is -0.387. The van der Waals surface area contributed by atoms with Gasteiger partial charge in [0.15, 0.2) is 0 Å². The second kappa shape index (κ2) is 7.28. The van der Waals surface area contributed by atoms with E-state index in [0.29, 0.717) is 10.7 Å². The van der Waals surface area contributed by atoms with Gasteiger partial charge in [0.25, 0.3) is 11.1 Å². The highest BCUT2D eigenvalue weighted by molar-refractivity contribution is 9.10. The molecule has 0 atom stereocenters. The summed E-state index contributed by atoms with van der Waals surface area (Å²) in [5.41, 5.74) is 0.811. The number of benzene rings is 1. The summed E-state index contributed by atoms with van der Waals surface area (Å²) in [6, 6.07) is 10.4. The zero-order valence-corrected chi connectivity index (χ0v) is 15.4. The van der Waals surface area contributed by atoms with Crippen LogP contribution < -0.4 is 0 Å². The second-order valence-corrected chi connectivity index (χ2v) is 6.99. The molecule has 1 aromatic carbocycles. The minimum absolute atomic E-state index is 0.0224. The Hall–Kier alpha value is -2.32. The lowest BCUT2D eigenvalue weighted by atomic mass is 10.2. The van der Waals surface area contributed by atoms with Crippen molar-refractivity contribution in [3.05, 3.63) is 62.9 Å². The lowest BCUT2D eigenvalue weighted by molar-refractivity contribution is -0.123. The van der Waals surface area contributed by atoms with Crippen LogP contribution in [-0.4, -0.2) is 29.1 Å². The first-order chi connectivity index (χ1) is 12.0. The van der Waals surface area contributed by atoms with Gasteiger partial charge < -0.3 is 9.15 Å². The van der Waals surface area contributed by atoms with Gasteiger partial charge >= 0.3 is 5.97 Å². The number of carbonyl (C=O) groups is 3. The van der Waals surface area contributed by atoms with Crippen LogP contribution in [0.5, 0.6) is 0 Å². The van der Waals surface area contributed by atoms with Crippen LogP contribution in [0.4, 0.5) is 4.79 Å². The first-order valence-electron chi connectivity index (χ1n) is 7.16. The fourth-order valence-electron chi connectivity index (χ4n) is 2.21. The van der Waals surface area contributed by atoms with Gasteiger partial charge in [-0.3, -0.25) is 14.5 Å². The van der Waals surface area contributed by atoms with Crippen molar-refractivity contribution in [2.45, 2.75) is 6.54 Å². The molecule has 0 radical (unpaired) electrons. The maximum Gasteiger partial charge on any atom is 0.373 e. The summed E-state index contributed by atoms with van der Waals surface area (Å²) in [7, 11) is 1.24. The minimum atomic E-state index is -0.616. The van der Waals surface area contributed by atoms with E-state index in [1.807, 2.05) is 24.3 Å². The van der Waals surface area contributed by atoms with Crippen LogP contribution in [-0.2, 0) is 16.1 Å². The third-order valence-corrected chi connectivity index (χ3v) is 4.78. The lowest BCUT2D eigenvalue weighted by Gasteiger charge is -2.09. The van der Waals surface area contributed by atoms with Gasteiger partial charge in [0.05, 0.1) is 18.6 Å². The quantitative estimate of drug-likeness (QED) is 0.546. The maximum absolute atomic E-state index is 12.5. The molecule has 0 saturated carbocycles. The molecule has 1 aromatic heterocycles. The molecule has 25 heavy (non-hydrogen) atoms. The number of ether oxygens (including phenoxy) is 1. The van der Waals surface area contributed by atoms with Gasteiger partial charge in [-0.05, 0) is 47.7 Å². The summed E-state index contributed by atoms with van der Waals surface area (Å²) in [6.45, 7) is -0.0442. The molecule has 0 bridgehead atoms. The highest BCUT2D eigenvalue weighted by Crippen LogP contribution is 2.33. The van der Waals surface area contributed by atoms with E-state index in [1.54, 1.807) is 6.08 Å². The van der Waals surface area contributed by atoms with Crippen molar-refractivity contribution in [2.24, 2.45) is 0 Å². The monoisotopic (exact) mass is 421 g/mol. The van der Waals surface area contributed by atoms with Gasteiger partial charge in [0, 0.05) is 4.47 Å². The molecule has 2 aromatic rings. The Kier molecular flexibility index (Phi) is 5.10. The highest BCUT2D eigenvalue weighted by atomic mass is 79.9. The predicted molar refractivity (Wildman–Crippen MR) is 95.7 cm³/mol. The molecule has 1 aliphatic heterocycles. The number of carbonyl (C=O) groups excluding carboxylic acids is 3. The third-order valence-electron chi connectivity index (χ3n) is 3.38. The molecule has 128 valence electrons. The number of rotatable bonds is 4. The molecule has 2 amide bonds. The van der Waals surface area contributed by atoms with E-state index in [1.165, 1.54) is 19.2 Å². The fourth-order valence-corrected chi connectivity index (χ4v) is 3.47. The van der Waals surface area contributed by atoms with Crippen LogP contribution in [0.1, 0.15) is 21.9 Å². The number of esters is 1. The number of furan rings is 1.